The van der Waals surface area contributed by atoms with E-state index in [1.807, 2.05) is 54.1 Å². The number of benzene rings is 1. The maximum Gasteiger partial charge on any atom is 0.220 e. The second-order valence-electron chi connectivity index (χ2n) is 6.03. The van der Waals surface area contributed by atoms with Crippen molar-refractivity contribution < 1.29 is 9.53 Å². The van der Waals surface area contributed by atoms with Gasteiger partial charge in [-0.2, -0.15) is 0 Å². The number of aryl methyl sites for hydroxylation is 1. The number of halogens is 1. The number of imidazole rings is 1. The third-order valence-corrected chi connectivity index (χ3v) is 4.67. The number of para-hydroxylation sites is 1. The zero-order valence-electron chi connectivity index (χ0n) is 15.1. The van der Waals surface area contributed by atoms with E-state index < -0.39 is 0 Å². The fourth-order valence-corrected chi connectivity index (χ4v) is 2.99. The summed E-state index contributed by atoms with van der Waals surface area (Å²) in [6, 6.07) is 11.5. The number of carbonyl (C=O) groups excluding carboxylic acids is 1. The van der Waals surface area contributed by atoms with Crippen LogP contribution in [0.4, 0.5) is 0 Å². The molecule has 3 rings (SSSR count). The summed E-state index contributed by atoms with van der Waals surface area (Å²) in [6.45, 7) is 2.88. The van der Waals surface area contributed by atoms with Crippen LogP contribution in [0, 0.1) is 6.92 Å². The molecule has 0 saturated carbocycles. The zero-order chi connectivity index (χ0) is 19.1. The first-order valence-electron chi connectivity index (χ1n) is 8.73. The Balaban J connectivity index is 1.43. The molecule has 2 heterocycles. The number of rotatable bonds is 8. The van der Waals surface area contributed by atoms with E-state index in [0.29, 0.717) is 26.0 Å². The number of pyridine rings is 1. The molecule has 0 aliphatic carbocycles. The van der Waals surface area contributed by atoms with Crippen LogP contribution in [0.1, 0.15) is 24.2 Å². The predicted molar refractivity (Wildman–Crippen MR) is 107 cm³/mol. The van der Waals surface area contributed by atoms with Crippen molar-refractivity contribution in [3.63, 3.8) is 0 Å². The lowest BCUT2D eigenvalue weighted by Crippen LogP contribution is -2.23. The van der Waals surface area contributed by atoms with Gasteiger partial charge in [0.15, 0.2) is 0 Å². The van der Waals surface area contributed by atoms with E-state index >= 15 is 0 Å². The molecule has 0 fully saturated rings. The van der Waals surface area contributed by atoms with Crippen molar-refractivity contribution in [1.29, 1.82) is 0 Å². The minimum Gasteiger partial charge on any atom is -0.492 e. The molecule has 0 atom stereocenters. The summed E-state index contributed by atoms with van der Waals surface area (Å²) in [6.07, 6.45) is 6.42. The van der Waals surface area contributed by atoms with Crippen LogP contribution in [0.2, 0.25) is 0 Å². The summed E-state index contributed by atoms with van der Waals surface area (Å²) in [5, 5.41) is 2.94. The molecule has 0 radical (unpaired) electrons. The maximum atomic E-state index is 12.1. The molecule has 1 aromatic carbocycles. The smallest absolute Gasteiger partial charge is 0.220 e. The zero-order valence-corrected chi connectivity index (χ0v) is 16.6. The van der Waals surface area contributed by atoms with Crippen LogP contribution in [0.25, 0.3) is 5.82 Å². The van der Waals surface area contributed by atoms with Gasteiger partial charge in [-0.3, -0.25) is 9.36 Å². The van der Waals surface area contributed by atoms with E-state index in [-0.39, 0.29) is 5.91 Å². The molecule has 1 amide bonds. The average Bonchev–Trinajstić information content (AvgIpc) is 3.11. The lowest BCUT2D eigenvalue weighted by atomic mass is 10.2. The molecule has 0 aliphatic rings. The van der Waals surface area contributed by atoms with Crippen molar-refractivity contribution in [3.05, 3.63) is 70.8 Å². The molecule has 1 N–H and O–H groups in total. The van der Waals surface area contributed by atoms with Gasteiger partial charge in [-0.25, -0.2) is 9.97 Å². The second-order valence-corrected chi connectivity index (χ2v) is 6.88. The van der Waals surface area contributed by atoms with Gasteiger partial charge < -0.3 is 10.1 Å². The number of amides is 1. The van der Waals surface area contributed by atoms with Gasteiger partial charge in [0.05, 0.1) is 11.1 Å². The van der Waals surface area contributed by atoms with Gasteiger partial charge in [-0.1, -0.05) is 12.1 Å². The molecular weight excluding hydrogens is 408 g/mol. The van der Waals surface area contributed by atoms with Gasteiger partial charge in [-0.05, 0) is 59.1 Å². The molecular formula is C20H21BrN4O2. The number of nitrogens with zero attached hydrogens (tertiary/aromatic N) is 3. The van der Waals surface area contributed by atoms with Crippen LogP contribution < -0.4 is 10.1 Å². The fraction of sp³-hybridized carbons (Fsp3) is 0.250. The minimum atomic E-state index is 0.00269. The molecule has 0 bridgehead atoms. The number of hydrogen-bond donors (Lipinski definition) is 1. The van der Waals surface area contributed by atoms with Crippen molar-refractivity contribution in [2.45, 2.75) is 26.3 Å². The minimum absolute atomic E-state index is 0.00269. The number of aromatic nitrogens is 3. The van der Waals surface area contributed by atoms with Crippen molar-refractivity contribution in [2.24, 2.45) is 0 Å². The molecule has 0 saturated heterocycles. The van der Waals surface area contributed by atoms with Crippen molar-refractivity contribution in [3.8, 4) is 11.6 Å². The Morgan fingerprint density at radius 2 is 2.07 bits per heavy atom. The Kier molecular flexibility index (Phi) is 6.59. The fourth-order valence-electron chi connectivity index (χ4n) is 2.59. The van der Waals surface area contributed by atoms with Crippen molar-refractivity contribution >= 4 is 21.8 Å². The monoisotopic (exact) mass is 428 g/mol. The number of ether oxygens (including phenoxy) is 1. The molecule has 140 valence electrons. The quantitative estimate of drug-likeness (QED) is 0.553. The summed E-state index contributed by atoms with van der Waals surface area (Å²) >= 11 is 3.44. The Hall–Kier alpha value is -2.67. The van der Waals surface area contributed by atoms with E-state index in [9.17, 15) is 4.79 Å². The van der Waals surface area contributed by atoms with Crippen LogP contribution in [-0.2, 0) is 11.3 Å². The largest absolute Gasteiger partial charge is 0.492 e. The van der Waals surface area contributed by atoms with E-state index in [1.54, 1.807) is 12.4 Å². The van der Waals surface area contributed by atoms with Gasteiger partial charge in [-0.15, -0.1) is 0 Å². The molecule has 2 aromatic heterocycles. The third-order valence-electron chi connectivity index (χ3n) is 4.01. The first kappa shape index (κ1) is 19.1. The summed E-state index contributed by atoms with van der Waals surface area (Å²) in [5.74, 6) is 2.45. The lowest BCUT2D eigenvalue weighted by Gasteiger charge is -2.09. The van der Waals surface area contributed by atoms with Crippen LogP contribution in [0.5, 0.6) is 5.75 Å². The summed E-state index contributed by atoms with van der Waals surface area (Å²) in [4.78, 5) is 20.6. The number of hydrogen-bond acceptors (Lipinski definition) is 4. The topological polar surface area (TPSA) is 69.0 Å². The standard InChI is InChI=1S/C20H21BrN4O2/c1-15-22-10-11-25(15)19-13-16(8-9-23-19)14-24-20(26)7-4-12-27-18-6-3-2-5-17(18)21/h2-3,5-6,8-11,13H,4,7,12,14H2,1H3,(H,24,26). The van der Waals surface area contributed by atoms with Crippen molar-refractivity contribution in [2.75, 3.05) is 6.61 Å². The highest BCUT2D eigenvalue weighted by Gasteiger charge is 2.06. The molecule has 0 aliphatic heterocycles. The summed E-state index contributed by atoms with van der Waals surface area (Å²) < 4.78 is 8.49. The predicted octanol–water partition coefficient (Wildman–Crippen LogP) is 3.81. The first-order valence-corrected chi connectivity index (χ1v) is 9.52. The SMILES string of the molecule is Cc1nccn1-c1cc(CNC(=O)CCCOc2ccccc2Br)ccn1. The van der Waals surface area contributed by atoms with E-state index in [1.165, 1.54) is 0 Å². The van der Waals surface area contributed by atoms with Gasteiger partial charge >= 0.3 is 0 Å². The van der Waals surface area contributed by atoms with E-state index in [4.69, 9.17) is 4.74 Å². The van der Waals surface area contributed by atoms with E-state index in [0.717, 1.165) is 27.4 Å². The van der Waals surface area contributed by atoms with Crippen LogP contribution in [-0.4, -0.2) is 27.0 Å². The molecule has 3 aromatic rings. The highest BCUT2D eigenvalue weighted by Crippen LogP contribution is 2.23. The molecule has 0 unspecified atom stereocenters. The highest BCUT2D eigenvalue weighted by atomic mass is 79.9. The van der Waals surface area contributed by atoms with Gasteiger partial charge in [0.25, 0.3) is 0 Å². The maximum absolute atomic E-state index is 12.1. The van der Waals surface area contributed by atoms with Crippen molar-refractivity contribution in [1.82, 2.24) is 19.9 Å². The van der Waals surface area contributed by atoms with E-state index in [2.05, 4.69) is 31.2 Å². The molecule has 6 nitrogen and oxygen atoms in total. The van der Waals surface area contributed by atoms with Gasteiger partial charge in [0.2, 0.25) is 5.91 Å². The van der Waals surface area contributed by atoms with Crippen LogP contribution in [0.15, 0.2) is 59.5 Å². The molecule has 27 heavy (non-hydrogen) atoms. The summed E-state index contributed by atoms with van der Waals surface area (Å²) in [5.41, 5.74) is 0.992. The highest BCUT2D eigenvalue weighted by molar-refractivity contribution is 9.10. The Morgan fingerprint density at radius 1 is 1.22 bits per heavy atom. The Labute approximate surface area is 166 Å². The average molecular weight is 429 g/mol. The third kappa shape index (κ3) is 5.40. The molecule has 0 spiro atoms. The Morgan fingerprint density at radius 3 is 2.85 bits per heavy atom. The van der Waals surface area contributed by atoms with Gasteiger partial charge in [0, 0.05) is 31.6 Å². The number of carbonyl (C=O) groups is 1. The summed E-state index contributed by atoms with van der Waals surface area (Å²) in [7, 11) is 0. The normalized spacial score (nSPS) is 10.6. The van der Waals surface area contributed by atoms with Crippen LogP contribution in [0.3, 0.4) is 0 Å². The van der Waals surface area contributed by atoms with Crippen LogP contribution >= 0.6 is 15.9 Å². The number of nitrogens with one attached hydrogen (secondary N) is 1. The Bertz CT molecular complexity index is 910. The second kappa shape index (κ2) is 9.32. The molecule has 7 heteroatoms. The lowest BCUT2D eigenvalue weighted by molar-refractivity contribution is -0.121. The first-order chi connectivity index (χ1) is 13.1. The van der Waals surface area contributed by atoms with Gasteiger partial charge in [0.1, 0.15) is 17.4 Å².